The van der Waals surface area contributed by atoms with Crippen molar-refractivity contribution in [3.63, 3.8) is 0 Å². The van der Waals surface area contributed by atoms with Crippen LogP contribution in [0.5, 0.6) is 0 Å². The van der Waals surface area contributed by atoms with Gasteiger partial charge in [-0.25, -0.2) is 0 Å². The van der Waals surface area contributed by atoms with E-state index >= 15 is 0 Å². The third kappa shape index (κ3) is 3.24. The summed E-state index contributed by atoms with van der Waals surface area (Å²) in [5.41, 5.74) is 7.47. The first-order valence-corrected chi connectivity index (χ1v) is 7.46. The first kappa shape index (κ1) is 12.9. The van der Waals surface area contributed by atoms with Gasteiger partial charge in [-0.1, -0.05) is 37.3 Å². The minimum absolute atomic E-state index is 0.0866. The van der Waals surface area contributed by atoms with Crippen LogP contribution in [0, 0.1) is 0 Å². The van der Waals surface area contributed by atoms with Gasteiger partial charge in [-0.3, -0.25) is 0 Å². The average Bonchev–Trinajstić information content (AvgIpc) is 2.41. The van der Waals surface area contributed by atoms with E-state index in [-0.39, 0.29) is 5.41 Å². The molecule has 0 aliphatic carbocycles. The van der Waals surface area contributed by atoms with Crippen molar-refractivity contribution in [2.24, 2.45) is 5.73 Å². The number of benzene rings is 1. The Morgan fingerprint density at radius 1 is 1.24 bits per heavy atom. The highest BCUT2D eigenvalue weighted by Crippen LogP contribution is 2.25. The Labute approximate surface area is 109 Å². The van der Waals surface area contributed by atoms with Crippen molar-refractivity contribution < 1.29 is 0 Å². The summed E-state index contributed by atoms with van der Waals surface area (Å²) < 4.78 is 0. The summed E-state index contributed by atoms with van der Waals surface area (Å²) in [5.74, 6) is 2.52. The Bertz CT molecular complexity index is 335. The molecule has 1 fully saturated rings. The van der Waals surface area contributed by atoms with E-state index in [1.54, 1.807) is 0 Å². The molecule has 1 aliphatic heterocycles. The van der Waals surface area contributed by atoms with Crippen molar-refractivity contribution in [1.29, 1.82) is 0 Å². The molecule has 2 rings (SSSR count). The van der Waals surface area contributed by atoms with Crippen LogP contribution < -0.4 is 5.73 Å². The molecule has 0 saturated carbocycles. The van der Waals surface area contributed by atoms with E-state index in [1.807, 2.05) is 0 Å². The van der Waals surface area contributed by atoms with E-state index in [1.165, 1.54) is 30.2 Å². The molecular weight excluding hydrogens is 228 g/mol. The van der Waals surface area contributed by atoms with Gasteiger partial charge in [0.2, 0.25) is 0 Å². The van der Waals surface area contributed by atoms with Crippen LogP contribution in [0.4, 0.5) is 0 Å². The first-order chi connectivity index (χ1) is 8.24. The molecule has 0 radical (unpaired) electrons. The topological polar surface area (TPSA) is 29.3 Å². The lowest BCUT2D eigenvalue weighted by Gasteiger charge is -2.36. The van der Waals surface area contributed by atoms with Gasteiger partial charge in [0, 0.05) is 43.1 Å². The average molecular weight is 250 g/mol. The van der Waals surface area contributed by atoms with Gasteiger partial charge < -0.3 is 10.6 Å². The van der Waals surface area contributed by atoms with Crippen molar-refractivity contribution in [1.82, 2.24) is 4.90 Å². The summed E-state index contributed by atoms with van der Waals surface area (Å²) >= 11 is 2.06. The molecular formula is C14H22N2S. The molecule has 1 unspecified atom stereocenters. The van der Waals surface area contributed by atoms with Crippen LogP contribution in [0.25, 0.3) is 0 Å². The van der Waals surface area contributed by atoms with Gasteiger partial charge in [0.1, 0.15) is 0 Å². The van der Waals surface area contributed by atoms with Crippen LogP contribution in [0.15, 0.2) is 30.3 Å². The third-order valence-corrected chi connectivity index (χ3v) is 4.54. The highest BCUT2D eigenvalue weighted by atomic mass is 32.2. The van der Waals surface area contributed by atoms with Crippen LogP contribution in [0.3, 0.4) is 0 Å². The molecule has 1 aliphatic rings. The zero-order valence-corrected chi connectivity index (χ0v) is 11.4. The summed E-state index contributed by atoms with van der Waals surface area (Å²) in [6.45, 7) is 6.47. The highest BCUT2D eigenvalue weighted by molar-refractivity contribution is 7.99. The summed E-state index contributed by atoms with van der Waals surface area (Å²) in [5, 5.41) is 0. The van der Waals surface area contributed by atoms with Gasteiger partial charge in [0.25, 0.3) is 0 Å². The zero-order valence-electron chi connectivity index (χ0n) is 10.6. The lowest BCUT2D eigenvalue weighted by atomic mass is 9.82. The maximum Gasteiger partial charge on any atom is 0.0174 e. The molecule has 17 heavy (non-hydrogen) atoms. The Kier molecular flexibility index (Phi) is 4.48. The maximum atomic E-state index is 6.02. The van der Waals surface area contributed by atoms with Gasteiger partial charge in [0.05, 0.1) is 0 Å². The van der Waals surface area contributed by atoms with Gasteiger partial charge in [-0.2, -0.15) is 11.8 Å². The van der Waals surface area contributed by atoms with Crippen molar-refractivity contribution in [2.45, 2.75) is 12.3 Å². The van der Waals surface area contributed by atoms with E-state index in [9.17, 15) is 0 Å². The molecule has 2 N–H and O–H groups in total. The molecule has 1 aromatic carbocycles. The SMILES string of the molecule is CC(CN)(CN1CCSCC1)c1ccccc1. The number of thioether (sulfide) groups is 1. The Balaban J connectivity index is 2.08. The Morgan fingerprint density at radius 3 is 2.47 bits per heavy atom. The molecule has 0 amide bonds. The normalized spacial score (nSPS) is 21.1. The van der Waals surface area contributed by atoms with Crippen LogP contribution in [-0.2, 0) is 5.41 Å². The van der Waals surface area contributed by atoms with E-state index in [0.717, 1.165) is 6.54 Å². The molecule has 1 heterocycles. The van der Waals surface area contributed by atoms with Gasteiger partial charge >= 0.3 is 0 Å². The van der Waals surface area contributed by atoms with E-state index in [2.05, 4.69) is 53.9 Å². The van der Waals surface area contributed by atoms with Crippen LogP contribution in [0.2, 0.25) is 0 Å². The molecule has 2 nitrogen and oxygen atoms in total. The number of nitrogens with zero attached hydrogens (tertiary/aromatic N) is 1. The number of nitrogens with two attached hydrogens (primary N) is 1. The second-order valence-electron chi connectivity index (χ2n) is 5.02. The van der Waals surface area contributed by atoms with Crippen molar-refractivity contribution >= 4 is 11.8 Å². The maximum absolute atomic E-state index is 6.02. The predicted molar refractivity (Wildman–Crippen MR) is 76.6 cm³/mol. The fourth-order valence-electron chi connectivity index (χ4n) is 2.37. The van der Waals surface area contributed by atoms with Gasteiger partial charge in [0.15, 0.2) is 0 Å². The monoisotopic (exact) mass is 250 g/mol. The van der Waals surface area contributed by atoms with E-state index in [4.69, 9.17) is 5.73 Å². The zero-order chi connectivity index (χ0) is 12.1. The van der Waals surface area contributed by atoms with E-state index in [0.29, 0.717) is 6.54 Å². The largest absolute Gasteiger partial charge is 0.330 e. The summed E-state index contributed by atoms with van der Waals surface area (Å²) in [4.78, 5) is 2.55. The Hall–Kier alpha value is -0.510. The number of hydrogen-bond donors (Lipinski definition) is 1. The quantitative estimate of drug-likeness (QED) is 0.885. The smallest absolute Gasteiger partial charge is 0.0174 e. The van der Waals surface area contributed by atoms with Crippen molar-refractivity contribution in [2.75, 3.05) is 37.7 Å². The number of rotatable bonds is 4. The van der Waals surface area contributed by atoms with Crippen LogP contribution in [-0.4, -0.2) is 42.6 Å². The molecule has 3 heteroatoms. The fourth-order valence-corrected chi connectivity index (χ4v) is 3.35. The second kappa shape index (κ2) is 5.89. The van der Waals surface area contributed by atoms with Crippen molar-refractivity contribution in [3.8, 4) is 0 Å². The second-order valence-corrected chi connectivity index (χ2v) is 6.24. The Morgan fingerprint density at radius 2 is 1.88 bits per heavy atom. The minimum atomic E-state index is 0.0866. The summed E-state index contributed by atoms with van der Waals surface area (Å²) in [6, 6.07) is 10.7. The molecule has 0 spiro atoms. The number of hydrogen-bond acceptors (Lipinski definition) is 3. The molecule has 94 valence electrons. The lowest BCUT2D eigenvalue weighted by Crippen LogP contribution is -2.46. The standard InChI is InChI=1S/C14H22N2S/c1-14(11-15,13-5-3-2-4-6-13)12-16-7-9-17-10-8-16/h2-6H,7-12,15H2,1H3. The van der Waals surface area contributed by atoms with Crippen LogP contribution in [0.1, 0.15) is 12.5 Å². The first-order valence-electron chi connectivity index (χ1n) is 6.30. The fraction of sp³-hybridized carbons (Fsp3) is 0.571. The summed E-state index contributed by atoms with van der Waals surface area (Å²) in [6.07, 6.45) is 0. The van der Waals surface area contributed by atoms with E-state index < -0.39 is 0 Å². The van der Waals surface area contributed by atoms with Crippen LogP contribution >= 0.6 is 11.8 Å². The van der Waals surface area contributed by atoms with Gasteiger partial charge in [-0.15, -0.1) is 0 Å². The molecule has 1 aromatic rings. The molecule has 1 saturated heterocycles. The summed E-state index contributed by atoms with van der Waals surface area (Å²) in [7, 11) is 0. The minimum Gasteiger partial charge on any atom is -0.330 e. The molecule has 0 aromatic heterocycles. The van der Waals surface area contributed by atoms with Crippen molar-refractivity contribution in [3.05, 3.63) is 35.9 Å². The predicted octanol–water partition coefficient (Wildman–Crippen LogP) is 1.95. The third-order valence-electron chi connectivity index (χ3n) is 3.60. The highest BCUT2D eigenvalue weighted by Gasteiger charge is 2.28. The molecule has 1 atom stereocenters. The lowest BCUT2D eigenvalue weighted by molar-refractivity contribution is 0.236. The van der Waals surface area contributed by atoms with Gasteiger partial charge in [-0.05, 0) is 5.56 Å². The molecule has 0 bridgehead atoms.